The van der Waals surface area contributed by atoms with E-state index in [9.17, 15) is 0 Å². The Bertz CT molecular complexity index is 917. The third kappa shape index (κ3) is 3.07. The van der Waals surface area contributed by atoms with Crippen molar-refractivity contribution >= 4 is 11.0 Å². The van der Waals surface area contributed by atoms with Gasteiger partial charge in [-0.2, -0.15) is 0 Å². The summed E-state index contributed by atoms with van der Waals surface area (Å²) in [5.74, 6) is 0. The SMILES string of the molecule is CC(C)(C)c1ccc(-c2ccnc3c(CN=[N+]=[N-])ccnc23)cc1. The van der Waals surface area contributed by atoms with Crippen molar-refractivity contribution in [1.82, 2.24) is 9.97 Å². The second-order valence-corrected chi connectivity index (χ2v) is 6.74. The number of azide groups is 1. The van der Waals surface area contributed by atoms with Gasteiger partial charge in [-0.1, -0.05) is 50.2 Å². The van der Waals surface area contributed by atoms with Gasteiger partial charge >= 0.3 is 0 Å². The summed E-state index contributed by atoms with van der Waals surface area (Å²) in [5.41, 5.74) is 14.6. The molecule has 2 aromatic heterocycles. The Morgan fingerprint density at radius 1 is 0.958 bits per heavy atom. The average molecular weight is 317 g/mol. The Morgan fingerprint density at radius 3 is 2.29 bits per heavy atom. The number of nitrogens with zero attached hydrogens (tertiary/aromatic N) is 5. The molecule has 0 saturated carbocycles. The van der Waals surface area contributed by atoms with E-state index in [4.69, 9.17) is 5.53 Å². The summed E-state index contributed by atoms with van der Waals surface area (Å²) in [6.07, 6.45) is 3.51. The smallest absolute Gasteiger partial charge is 0.0967 e. The van der Waals surface area contributed by atoms with Gasteiger partial charge in [0.05, 0.1) is 17.6 Å². The van der Waals surface area contributed by atoms with Crippen molar-refractivity contribution in [2.75, 3.05) is 0 Å². The van der Waals surface area contributed by atoms with Crippen LogP contribution in [0.1, 0.15) is 31.9 Å². The van der Waals surface area contributed by atoms with Gasteiger partial charge in [0, 0.05) is 22.9 Å². The fraction of sp³-hybridized carbons (Fsp3) is 0.263. The molecule has 1 aromatic carbocycles. The van der Waals surface area contributed by atoms with E-state index >= 15 is 0 Å². The molecule has 0 atom stereocenters. The molecule has 5 heteroatoms. The van der Waals surface area contributed by atoms with Crippen molar-refractivity contribution < 1.29 is 0 Å². The molecule has 5 nitrogen and oxygen atoms in total. The highest BCUT2D eigenvalue weighted by Gasteiger charge is 2.14. The Hall–Kier alpha value is -2.91. The maximum atomic E-state index is 8.55. The van der Waals surface area contributed by atoms with Gasteiger partial charge in [-0.25, -0.2) is 0 Å². The zero-order valence-electron chi connectivity index (χ0n) is 14.1. The van der Waals surface area contributed by atoms with Crippen molar-refractivity contribution in [1.29, 1.82) is 0 Å². The second-order valence-electron chi connectivity index (χ2n) is 6.74. The normalized spacial score (nSPS) is 11.3. The zero-order chi connectivity index (χ0) is 17.2. The molecule has 120 valence electrons. The molecular formula is C19H19N5. The van der Waals surface area contributed by atoms with E-state index in [0.717, 1.165) is 27.7 Å². The van der Waals surface area contributed by atoms with Crippen LogP contribution in [0.25, 0.3) is 32.6 Å². The highest BCUT2D eigenvalue weighted by molar-refractivity contribution is 5.92. The highest BCUT2D eigenvalue weighted by atomic mass is 15.1. The summed E-state index contributed by atoms with van der Waals surface area (Å²) in [7, 11) is 0. The third-order valence-electron chi connectivity index (χ3n) is 4.07. The summed E-state index contributed by atoms with van der Waals surface area (Å²) in [4.78, 5) is 11.8. The van der Waals surface area contributed by atoms with E-state index in [1.807, 2.05) is 12.1 Å². The van der Waals surface area contributed by atoms with Crippen molar-refractivity contribution in [3.8, 4) is 11.1 Å². The first-order chi connectivity index (χ1) is 11.5. The molecule has 3 rings (SSSR count). The van der Waals surface area contributed by atoms with Crippen molar-refractivity contribution in [3.05, 3.63) is 70.4 Å². The minimum Gasteiger partial charge on any atom is -0.254 e. The molecule has 3 aromatic rings. The van der Waals surface area contributed by atoms with Gasteiger partial charge in [0.15, 0.2) is 0 Å². The summed E-state index contributed by atoms with van der Waals surface area (Å²) in [6, 6.07) is 12.4. The van der Waals surface area contributed by atoms with Gasteiger partial charge in [0.1, 0.15) is 0 Å². The van der Waals surface area contributed by atoms with Crippen LogP contribution >= 0.6 is 0 Å². The van der Waals surface area contributed by atoms with Gasteiger partial charge in [-0.3, -0.25) is 9.97 Å². The number of benzene rings is 1. The van der Waals surface area contributed by atoms with E-state index in [2.05, 4.69) is 65.0 Å². The van der Waals surface area contributed by atoms with E-state index in [1.165, 1.54) is 5.56 Å². The molecule has 0 spiro atoms. The first-order valence-electron chi connectivity index (χ1n) is 7.85. The number of hydrogen-bond acceptors (Lipinski definition) is 3. The molecule has 0 N–H and O–H groups in total. The number of aromatic nitrogens is 2. The molecular weight excluding hydrogens is 298 g/mol. The van der Waals surface area contributed by atoms with Crippen LogP contribution in [0.4, 0.5) is 0 Å². The second kappa shape index (κ2) is 6.30. The summed E-state index contributed by atoms with van der Waals surface area (Å²) < 4.78 is 0. The molecule has 2 heterocycles. The van der Waals surface area contributed by atoms with Crippen LogP contribution in [-0.4, -0.2) is 9.97 Å². The monoisotopic (exact) mass is 317 g/mol. The van der Waals surface area contributed by atoms with Gasteiger partial charge in [0.2, 0.25) is 0 Å². The van der Waals surface area contributed by atoms with E-state index in [1.54, 1.807) is 12.4 Å². The first-order valence-corrected chi connectivity index (χ1v) is 7.85. The molecule has 0 fully saturated rings. The average Bonchev–Trinajstić information content (AvgIpc) is 2.58. The topological polar surface area (TPSA) is 74.5 Å². The minimum atomic E-state index is 0.125. The largest absolute Gasteiger partial charge is 0.254 e. The molecule has 0 radical (unpaired) electrons. The van der Waals surface area contributed by atoms with Crippen molar-refractivity contribution in [2.24, 2.45) is 5.11 Å². The maximum absolute atomic E-state index is 8.55. The van der Waals surface area contributed by atoms with E-state index in [-0.39, 0.29) is 12.0 Å². The molecule has 0 aliphatic heterocycles. The van der Waals surface area contributed by atoms with Crippen LogP contribution in [0.3, 0.4) is 0 Å². The minimum absolute atomic E-state index is 0.125. The Kier molecular flexibility index (Phi) is 4.19. The van der Waals surface area contributed by atoms with Crippen LogP contribution in [0.15, 0.2) is 53.9 Å². The van der Waals surface area contributed by atoms with E-state index in [0.29, 0.717) is 0 Å². The number of hydrogen-bond donors (Lipinski definition) is 0. The van der Waals surface area contributed by atoms with Gasteiger partial charge in [0.25, 0.3) is 0 Å². The third-order valence-corrected chi connectivity index (χ3v) is 4.07. The predicted molar refractivity (Wildman–Crippen MR) is 96.5 cm³/mol. The van der Waals surface area contributed by atoms with Crippen LogP contribution < -0.4 is 0 Å². The Labute approximate surface area is 141 Å². The molecule has 24 heavy (non-hydrogen) atoms. The lowest BCUT2D eigenvalue weighted by Gasteiger charge is -2.19. The molecule has 0 unspecified atom stereocenters. The summed E-state index contributed by atoms with van der Waals surface area (Å²) in [6.45, 7) is 6.88. The molecule has 0 bridgehead atoms. The first kappa shape index (κ1) is 16.0. The molecule has 0 aliphatic rings. The number of fused-ring (bicyclic) bond motifs is 1. The van der Waals surface area contributed by atoms with Gasteiger partial charge < -0.3 is 0 Å². The fourth-order valence-corrected chi connectivity index (χ4v) is 2.72. The molecule has 0 saturated heterocycles. The summed E-state index contributed by atoms with van der Waals surface area (Å²) in [5, 5.41) is 3.65. The molecule has 0 aliphatic carbocycles. The highest BCUT2D eigenvalue weighted by Crippen LogP contribution is 2.30. The molecule has 0 amide bonds. The Morgan fingerprint density at radius 2 is 1.62 bits per heavy atom. The zero-order valence-corrected chi connectivity index (χ0v) is 14.1. The predicted octanol–water partition coefficient (Wildman–Crippen LogP) is 5.40. The number of rotatable bonds is 3. The van der Waals surface area contributed by atoms with E-state index < -0.39 is 0 Å². The quantitative estimate of drug-likeness (QED) is 0.368. The fourth-order valence-electron chi connectivity index (χ4n) is 2.72. The van der Waals surface area contributed by atoms with Crippen LogP contribution in [0.2, 0.25) is 0 Å². The summed E-state index contributed by atoms with van der Waals surface area (Å²) >= 11 is 0. The number of pyridine rings is 2. The standard InChI is InChI=1S/C19H19N5/c1-19(2,3)15-6-4-13(5-7-15)16-9-11-21-17-14(12-23-24-20)8-10-22-18(16)17/h4-11H,12H2,1-3H3. The lowest BCUT2D eigenvalue weighted by atomic mass is 9.86. The van der Waals surface area contributed by atoms with Gasteiger partial charge in [-0.05, 0) is 39.8 Å². The van der Waals surface area contributed by atoms with Crippen LogP contribution in [0.5, 0.6) is 0 Å². The van der Waals surface area contributed by atoms with Crippen molar-refractivity contribution in [3.63, 3.8) is 0 Å². The van der Waals surface area contributed by atoms with Gasteiger partial charge in [-0.15, -0.1) is 0 Å². The lowest BCUT2D eigenvalue weighted by Crippen LogP contribution is -2.10. The maximum Gasteiger partial charge on any atom is 0.0967 e. The lowest BCUT2D eigenvalue weighted by molar-refractivity contribution is 0.590. The Balaban J connectivity index is 2.11. The van der Waals surface area contributed by atoms with Crippen LogP contribution in [0, 0.1) is 0 Å². The van der Waals surface area contributed by atoms with Crippen LogP contribution in [-0.2, 0) is 12.0 Å². The van der Waals surface area contributed by atoms with Crippen molar-refractivity contribution in [2.45, 2.75) is 32.7 Å².